The van der Waals surface area contributed by atoms with E-state index in [4.69, 9.17) is 11.6 Å². The molecule has 1 N–H and O–H groups in total. The zero-order valence-electron chi connectivity index (χ0n) is 8.32. The van der Waals surface area contributed by atoms with Gasteiger partial charge in [0.1, 0.15) is 5.78 Å². The number of hydrogen-bond acceptors (Lipinski definition) is 2. The number of Topliss-reactive ketones (excluding diaryl/α,β-unsaturated/α-hetero) is 1. The Bertz CT molecular complexity index is 358. The molecule has 1 fully saturated rings. The van der Waals surface area contributed by atoms with Gasteiger partial charge in [-0.25, -0.2) is 0 Å². The van der Waals surface area contributed by atoms with Crippen LogP contribution in [0.2, 0.25) is 5.02 Å². The first-order chi connectivity index (χ1) is 7.18. The Balaban J connectivity index is 2.16. The standard InChI is InChI=1S/C12H13ClO2/c13-9-6-4-8(5-7-9)12(15)10-2-1-3-11(10)14/h4-7,10,12,15H,1-3H2. The molecule has 0 heterocycles. The van der Waals surface area contributed by atoms with Gasteiger partial charge in [-0.1, -0.05) is 23.7 Å². The van der Waals surface area contributed by atoms with E-state index >= 15 is 0 Å². The topological polar surface area (TPSA) is 37.3 Å². The van der Waals surface area contributed by atoms with Gasteiger partial charge in [0.15, 0.2) is 0 Å². The van der Waals surface area contributed by atoms with Crippen LogP contribution in [0.3, 0.4) is 0 Å². The molecular formula is C12H13ClO2. The summed E-state index contributed by atoms with van der Waals surface area (Å²) in [5, 5.41) is 10.7. The van der Waals surface area contributed by atoms with E-state index in [1.165, 1.54) is 0 Å². The van der Waals surface area contributed by atoms with Crippen molar-refractivity contribution >= 4 is 17.4 Å². The van der Waals surface area contributed by atoms with E-state index in [9.17, 15) is 9.90 Å². The molecule has 2 unspecified atom stereocenters. The lowest BCUT2D eigenvalue weighted by Crippen LogP contribution is -2.16. The molecule has 15 heavy (non-hydrogen) atoms. The molecule has 1 saturated carbocycles. The molecule has 2 rings (SSSR count). The Morgan fingerprint density at radius 3 is 2.53 bits per heavy atom. The van der Waals surface area contributed by atoms with Crippen LogP contribution < -0.4 is 0 Å². The summed E-state index contributed by atoms with van der Waals surface area (Å²) in [6.45, 7) is 0. The fourth-order valence-corrected chi connectivity index (χ4v) is 2.19. The SMILES string of the molecule is O=C1CCCC1C(O)c1ccc(Cl)cc1. The molecule has 0 amide bonds. The highest BCUT2D eigenvalue weighted by Crippen LogP contribution is 2.33. The van der Waals surface area contributed by atoms with E-state index in [0.29, 0.717) is 11.4 Å². The minimum absolute atomic E-state index is 0.178. The maximum absolute atomic E-state index is 11.5. The second-order valence-electron chi connectivity index (χ2n) is 3.96. The molecule has 1 aliphatic carbocycles. The van der Waals surface area contributed by atoms with Crippen molar-refractivity contribution in [3.05, 3.63) is 34.9 Å². The molecule has 0 spiro atoms. The van der Waals surface area contributed by atoms with Crippen molar-refractivity contribution in [1.82, 2.24) is 0 Å². The third-order valence-corrected chi connectivity index (χ3v) is 3.20. The van der Waals surface area contributed by atoms with Crippen LogP contribution in [0.5, 0.6) is 0 Å². The smallest absolute Gasteiger partial charge is 0.138 e. The summed E-state index contributed by atoms with van der Waals surface area (Å²) in [6.07, 6.45) is 1.63. The number of rotatable bonds is 2. The number of aliphatic hydroxyl groups is 1. The Labute approximate surface area is 93.9 Å². The number of aliphatic hydroxyl groups excluding tert-OH is 1. The van der Waals surface area contributed by atoms with Gasteiger partial charge in [-0.05, 0) is 30.5 Å². The first-order valence-corrected chi connectivity index (χ1v) is 5.52. The predicted octanol–water partition coefficient (Wildman–Crippen LogP) is 2.74. The van der Waals surface area contributed by atoms with E-state index < -0.39 is 6.10 Å². The van der Waals surface area contributed by atoms with Crippen molar-refractivity contribution in [2.75, 3.05) is 0 Å². The van der Waals surface area contributed by atoms with Gasteiger partial charge in [0.2, 0.25) is 0 Å². The molecule has 0 radical (unpaired) electrons. The molecule has 3 heteroatoms. The van der Waals surface area contributed by atoms with Crippen LogP contribution in [0.1, 0.15) is 30.9 Å². The molecule has 80 valence electrons. The van der Waals surface area contributed by atoms with Crippen molar-refractivity contribution in [3.63, 3.8) is 0 Å². The summed E-state index contributed by atoms with van der Waals surface area (Å²) < 4.78 is 0. The van der Waals surface area contributed by atoms with Crippen LogP contribution in [-0.2, 0) is 4.79 Å². The Morgan fingerprint density at radius 1 is 1.33 bits per heavy atom. The molecule has 0 aliphatic heterocycles. The average Bonchev–Trinajstić information content (AvgIpc) is 2.65. The number of ketones is 1. The molecule has 1 aromatic carbocycles. The Kier molecular flexibility index (Phi) is 3.08. The predicted molar refractivity (Wildman–Crippen MR) is 58.8 cm³/mol. The van der Waals surface area contributed by atoms with Crippen molar-refractivity contribution in [2.24, 2.45) is 5.92 Å². The van der Waals surface area contributed by atoms with Gasteiger partial charge in [0, 0.05) is 17.4 Å². The van der Waals surface area contributed by atoms with Crippen molar-refractivity contribution < 1.29 is 9.90 Å². The number of hydrogen-bond donors (Lipinski definition) is 1. The molecule has 0 saturated heterocycles. The van der Waals surface area contributed by atoms with Gasteiger partial charge < -0.3 is 5.11 Å². The number of benzene rings is 1. The summed E-state index contributed by atoms with van der Waals surface area (Å²) in [6, 6.07) is 7.02. The minimum Gasteiger partial charge on any atom is -0.388 e. The lowest BCUT2D eigenvalue weighted by molar-refractivity contribution is -0.123. The largest absolute Gasteiger partial charge is 0.388 e. The lowest BCUT2D eigenvalue weighted by atomic mass is 9.94. The van der Waals surface area contributed by atoms with Crippen molar-refractivity contribution in [3.8, 4) is 0 Å². The van der Waals surface area contributed by atoms with E-state index in [1.54, 1.807) is 24.3 Å². The third-order valence-electron chi connectivity index (χ3n) is 2.94. The molecule has 2 atom stereocenters. The van der Waals surface area contributed by atoms with E-state index in [0.717, 1.165) is 18.4 Å². The van der Waals surface area contributed by atoms with Gasteiger partial charge >= 0.3 is 0 Å². The summed E-state index contributed by atoms with van der Waals surface area (Å²) in [5.74, 6) is -0.0383. The number of halogens is 1. The second kappa shape index (κ2) is 4.33. The van der Waals surface area contributed by atoms with Gasteiger partial charge in [0.25, 0.3) is 0 Å². The van der Waals surface area contributed by atoms with Gasteiger partial charge in [-0.3, -0.25) is 4.79 Å². The van der Waals surface area contributed by atoms with Gasteiger partial charge in [-0.15, -0.1) is 0 Å². The van der Waals surface area contributed by atoms with Crippen LogP contribution in [0.25, 0.3) is 0 Å². The summed E-state index contributed by atoms with van der Waals surface area (Å²) in [4.78, 5) is 11.5. The molecule has 1 aromatic rings. The fourth-order valence-electron chi connectivity index (χ4n) is 2.07. The van der Waals surface area contributed by atoms with Crippen LogP contribution in [-0.4, -0.2) is 10.9 Å². The molecule has 1 aliphatic rings. The number of carbonyl (C=O) groups is 1. The molecule has 0 aromatic heterocycles. The van der Waals surface area contributed by atoms with Crippen LogP contribution in [0.4, 0.5) is 0 Å². The first kappa shape index (κ1) is 10.7. The van der Waals surface area contributed by atoms with E-state index in [-0.39, 0.29) is 11.7 Å². The van der Waals surface area contributed by atoms with Crippen LogP contribution in [0.15, 0.2) is 24.3 Å². The lowest BCUT2D eigenvalue weighted by Gasteiger charge is -2.16. The second-order valence-corrected chi connectivity index (χ2v) is 4.40. The van der Waals surface area contributed by atoms with Crippen molar-refractivity contribution in [2.45, 2.75) is 25.4 Å². The van der Waals surface area contributed by atoms with Gasteiger partial charge in [-0.2, -0.15) is 0 Å². The fraction of sp³-hybridized carbons (Fsp3) is 0.417. The van der Waals surface area contributed by atoms with Crippen molar-refractivity contribution in [1.29, 1.82) is 0 Å². The molecule has 2 nitrogen and oxygen atoms in total. The highest BCUT2D eigenvalue weighted by Gasteiger charge is 2.31. The first-order valence-electron chi connectivity index (χ1n) is 5.15. The normalized spacial score (nSPS) is 23.1. The van der Waals surface area contributed by atoms with E-state index in [1.807, 2.05) is 0 Å². The maximum atomic E-state index is 11.5. The highest BCUT2D eigenvalue weighted by molar-refractivity contribution is 6.30. The van der Waals surface area contributed by atoms with Gasteiger partial charge in [0.05, 0.1) is 6.10 Å². The maximum Gasteiger partial charge on any atom is 0.138 e. The zero-order valence-corrected chi connectivity index (χ0v) is 9.07. The average molecular weight is 225 g/mol. The zero-order chi connectivity index (χ0) is 10.8. The summed E-state index contributed by atoms with van der Waals surface area (Å²) in [7, 11) is 0. The Morgan fingerprint density at radius 2 is 2.00 bits per heavy atom. The number of carbonyl (C=O) groups excluding carboxylic acids is 1. The minimum atomic E-state index is -0.669. The highest BCUT2D eigenvalue weighted by atomic mass is 35.5. The van der Waals surface area contributed by atoms with Crippen LogP contribution in [0, 0.1) is 5.92 Å². The quantitative estimate of drug-likeness (QED) is 0.839. The molecule has 0 bridgehead atoms. The molecular weight excluding hydrogens is 212 g/mol. The van der Waals surface area contributed by atoms with E-state index in [2.05, 4.69) is 0 Å². The Hall–Kier alpha value is -0.860. The van der Waals surface area contributed by atoms with Crippen LogP contribution >= 0.6 is 11.6 Å². The summed E-state index contributed by atoms with van der Waals surface area (Å²) in [5.41, 5.74) is 0.777. The summed E-state index contributed by atoms with van der Waals surface area (Å²) >= 11 is 5.76. The monoisotopic (exact) mass is 224 g/mol. The third kappa shape index (κ3) is 2.21.